The van der Waals surface area contributed by atoms with E-state index in [0.717, 1.165) is 30.8 Å². The second-order valence-electron chi connectivity index (χ2n) is 2.92. The molecule has 0 spiro atoms. The fourth-order valence-corrected chi connectivity index (χ4v) is 1.50. The van der Waals surface area contributed by atoms with E-state index in [1.165, 1.54) is 5.56 Å². The molecule has 0 bridgehead atoms. The molecule has 0 aliphatic carbocycles. The molecule has 0 amide bonds. The van der Waals surface area contributed by atoms with Crippen molar-refractivity contribution in [3.8, 4) is 5.75 Å². The van der Waals surface area contributed by atoms with Crippen molar-refractivity contribution in [1.82, 2.24) is 0 Å². The predicted octanol–water partition coefficient (Wildman–Crippen LogP) is 2.45. The quantitative estimate of drug-likeness (QED) is 0.628. The van der Waals surface area contributed by atoms with Crippen molar-refractivity contribution < 1.29 is 4.74 Å². The van der Waals surface area contributed by atoms with Gasteiger partial charge in [0.25, 0.3) is 0 Å². The van der Waals surface area contributed by atoms with Crippen LogP contribution < -0.4 is 4.74 Å². The van der Waals surface area contributed by atoms with Crippen LogP contribution in [-0.4, -0.2) is 6.61 Å². The van der Waals surface area contributed by atoms with Crippen molar-refractivity contribution in [3.63, 3.8) is 0 Å². The van der Waals surface area contributed by atoms with Gasteiger partial charge in [-0.3, -0.25) is 0 Å². The van der Waals surface area contributed by atoms with Crippen molar-refractivity contribution in [1.29, 1.82) is 0 Å². The molecule has 1 aromatic carbocycles. The molecule has 0 saturated carbocycles. The zero-order valence-electron chi connectivity index (χ0n) is 7.68. The average molecular weight is 426 g/mol. The van der Waals surface area contributed by atoms with E-state index in [1.54, 1.807) is 0 Å². The van der Waals surface area contributed by atoms with Gasteiger partial charge in [0, 0.05) is 5.75 Å². The third-order valence-electron chi connectivity index (χ3n) is 2.11. The van der Waals surface area contributed by atoms with E-state index in [2.05, 4.69) is 12.6 Å². The molecule has 1 aliphatic rings. The standard InChI is InChI=1S/C11H11O.Rf/c1-2-9-5-3-6-10-7-4-8-12-11(9)10;/h2,5-6H,1,4,7-8H2;/q-1;. The first-order valence-corrected chi connectivity index (χ1v) is 4.20. The first-order valence-electron chi connectivity index (χ1n) is 4.20. The summed E-state index contributed by atoms with van der Waals surface area (Å²) in [5.41, 5.74) is 2.32. The Labute approximate surface area is 72.7 Å². The molecule has 2 heteroatoms. The van der Waals surface area contributed by atoms with Gasteiger partial charge in [-0.15, -0.1) is 18.2 Å². The molecular formula is C11H11ORf-. The van der Waals surface area contributed by atoms with Crippen LogP contribution in [-0.2, 0) is 6.42 Å². The van der Waals surface area contributed by atoms with Crippen LogP contribution in [0.25, 0.3) is 6.08 Å². The molecule has 0 radical (unpaired) electrons. The van der Waals surface area contributed by atoms with Gasteiger partial charge in [-0.05, 0) is 6.42 Å². The summed E-state index contributed by atoms with van der Waals surface area (Å²) in [4.78, 5) is 0. The monoisotopic (exact) mass is 426 g/mol. The summed E-state index contributed by atoms with van der Waals surface area (Å²) in [6.45, 7) is 4.57. The molecule has 1 nitrogen and oxygen atoms in total. The van der Waals surface area contributed by atoms with Crippen LogP contribution in [0.2, 0.25) is 0 Å². The molecule has 0 atom stereocenters. The minimum atomic E-state index is 0. The van der Waals surface area contributed by atoms with Gasteiger partial charge < -0.3 is 4.74 Å². The smallest absolute Gasteiger partial charge is 0.0844 e. The second-order valence-corrected chi connectivity index (χ2v) is 2.92. The number of rotatable bonds is 1. The molecule has 64 valence electrons. The van der Waals surface area contributed by atoms with Gasteiger partial charge in [0.15, 0.2) is 0 Å². The summed E-state index contributed by atoms with van der Waals surface area (Å²) in [5, 5.41) is 0. The number of hydrogen-bond donors (Lipinski definition) is 0. The molecule has 1 aliphatic heterocycles. The van der Waals surface area contributed by atoms with Gasteiger partial charge in [0.1, 0.15) is 0 Å². The number of benzene rings is 1. The summed E-state index contributed by atoms with van der Waals surface area (Å²) in [5.74, 6) is 1.01. The number of fused-ring (bicyclic) bond motifs is 1. The van der Waals surface area contributed by atoms with Crippen LogP contribution >= 0.6 is 0 Å². The summed E-state index contributed by atoms with van der Waals surface area (Å²) in [7, 11) is 0. The molecule has 1 aromatic rings. The van der Waals surface area contributed by atoms with Crippen molar-refractivity contribution in [2.75, 3.05) is 6.61 Å². The van der Waals surface area contributed by atoms with E-state index in [9.17, 15) is 0 Å². The predicted molar refractivity (Wildman–Crippen MR) is 49.2 cm³/mol. The molecule has 0 unspecified atom stereocenters. The third-order valence-corrected chi connectivity index (χ3v) is 2.11. The Kier molecular flexibility index (Phi) is 2.34. The minimum absolute atomic E-state index is 0. The maximum Gasteiger partial charge on any atom is 0.0844 e. The van der Waals surface area contributed by atoms with E-state index < -0.39 is 0 Å². The van der Waals surface area contributed by atoms with Gasteiger partial charge in [-0.2, -0.15) is 18.2 Å². The Balaban J connectivity index is 0.000000845. The summed E-state index contributed by atoms with van der Waals surface area (Å²) in [6.07, 6.45) is 4.04. The van der Waals surface area contributed by atoms with Gasteiger partial charge in [0.2, 0.25) is 0 Å². The van der Waals surface area contributed by atoms with E-state index in [4.69, 9.17) is 4.74 Å². The zero-order chi connectivity index (χ0) is 8.39. The van der Waals surface area contributed by atoms with E-state index in [1.807, 2.05) is 18.2 Å². The normalized spacial score (nSPS) is 13.5. The molecule has 1 heterocycles. The average Bonchev–Trinajstić information content (AvgIpc) is 2.17. The molecule has 0 aromatic heterocycles. The Bertz CT molecular complexity index is 307. The second kappa shape index (κ2) is 3.44. The Morgan fingerprint density at radius 3 is 3.08 bits per heavy atom. The van der Waals surface area contributed by atoms with Crippen LogP contribution in [0.15, 0.2) is 18.7 Å². The topological polar surface area (TPSA) is 9.23 Å². The maximum atomic E-state index is 5.55. The van der Waals surface area contributed by atoms with Gasteiger partial charge in [-0.25, -0.2) is 0 Å². The molecule has 2 rings (SSSR count). The van der Waals surface area contributed by atoms with Crippen LogP contribution in [0.1, 0.15) is 17.5 Å². The van der Waals surface area contributed by atoms with Crippen LogP contribution in [0.5, 0.6) is 5.75 Å². The largest absolute Gasteiger partial charge is 0.518 e. The Hall–Kier alpha value is -2.24. The molecule has 13 heavy (non-hydrogen) atoms. The summed E-state index contributed by atoms with van der Waals surface area (Å²) < 4.78 is 5.55. The first-order chi connectivity index (χ1) is 5.92. The number of ether oxygens (including phenoxy) is 1. The third kappa shape index (κ3) is 1.36. The van der Waals surface area contributed by atoms with Gasteiger partial charge in [0.05, 0.1) is 6.61 Å². The molecular weight excluding hydrogens is 415 g/mol. The van der Waals surface area contributed by atoms with Crippen LogP contribution in [0, 0.1) is 6.07 Å². The fraction of sp³-hybridized carbons (Fsp3) is 0.273. The van der Waals surface area contributed by atoms with Crippen molar-refractivity contribution in [2.45, 2.75) is 12.8 Å². The summed E-state index contributed by atoms with van der Waals surface area (Å²) >= 11 is 0. The van der Waals surface area contributed by atoms with E-state index >= 15 is 0 Å². The van der Waals surface area contributed by atoms with E-state index in [0.29, 0.717) is 0 Å². The molecule has 0 fully saturated rings. The first kappa shape index (κ1) is 8.85. The van der Waals surface area contributed by atoms with Gasteiger partial charge in [-0.1, -0.05) is 12.0 Å². The van der Waals surface area contributed by atoms with Crippen LogP contribution in [0.4, 0.5) is 0 Å². The maximum absolute atomic E-state index is 5.55. The number of aryl methyl sites for hydroxylation is 1. The summed E-state index contributed by atoms with van der Waals surface area (Å²) in [6, 6.07) is 7.00. The minimum Gasteiger partial charge on any atom is -0.518 e. The number of hydrogen-bond acceptors (Lipinski definition) is 1. The van der Waals surface area contributed by atoms with Gasteiger partial charge >= 0.3 is 0 Å². The van der Waals surface area contributed by atoms with E-state index in [-0.39, 0.29) is 0 Å². The Morgan fingerprint density at radius 1 is 1.46 bits per heavy atom. The SMILES string of the molecule is C=Cc1c[c-]cc2c1OCCC2.[Rf]. The van der Waals surface area contributed by atoms with Crippen molar-refractivity contribution in [2.24, 2.45) is 0 Å². The Morgan fingerprint density at radius 2 is 2.31 bits per heavy atom. The van der Waals surface area contributed by atoms with Crippen molar-refractivity contribution in [3.05, 3.63) is 35.9 Å². The van der Waals surface area contributed by atoms with Crippen molar-refractivity contribution >= 4 is 6.08 Å². The van der Waals surface area contributed by atoms with Crippen LogP contribution in [0.3, 0.4) is 0 Å². The fourth-order valence-electron chi connectivity index (χ4n) is 1.50. The molecule has 0 saturated heterocycles. The molecule has 0 N–H and O–H groups in total. The zero-order valence-corrected chi connectivity index (χ0v) is 14.1.